The first-order valence-corrected chi connectivity index (χ1v) is 11.8. The van der Waals surface area contributed by atoms with E-state index in [2.05, 4.69) is 10.0 Å². The molecule has 2 N–H and O–H groups in total. The molecule has 0 bridgehead atoms. The molecule has 3 aromatic rings. The van der Waals surface area contributed by atoms with Gasteiger partial charge in [0.25, 0.3) is 15.9 Å². The van der Waals surface area contributed by atoms with Gasteiger partial charge in [-0.05, 0) is 55.0 Å². The first kappa shape index (κ1) is 22.0. The third-order valence-corrected chi connectivity index (χ3v) is 6.47. The van der Waals surface area contributed by atoms with Crippen molar-refractivity contribution in [2.24, 2.45) is 0 Å². The number of anilines is 2. The molecule has 0 saturated heterocycles. The van der Waals surface area contributed by atoms with E-state index in [4.69, 9.17) is 21.1 Å². The van der Waals surface area contributed by atoms with E-state index in [0.29, 0.717) is 41.0 Å². The Morgan fingerprint density at radius 2 is 1.75 bits per heavy atom. The average molecular weight is 473 g/mol. The minimum atomic E-state index is -3.91. The van der Waals surface area contributed by atoms with Crippen LogP contribution in [0.15, 0.2) is 65.6 Å². The number of rotatable bonds is 5. The van der Waals surface area contributed by atoms with Crippen LogP contribution in [-0.4, -0.2) is 27.5 Å². The van der Waals surface area contributed by atoms with Gasteiger partial charge in [-0.2, -0.15) is 0 Å². The zero-order valence-corrected chi connectivity index (χ0v) is 18.8. The van der Waals surface area contributed by atoms with Crippen molar-refractivity contribution in [3.8, 4) is 11.5 Å². The highest BCUT2D eigenvalue weighted by Crippen LogP contribution is 2.32. The maximum Gasteiger partial charge on any atom is 0.262 e. The van der Waals surface area contributed by atoms with Gasteiger partial charge in [-0.25, -0.2) is 8.42 Å². The van der Waals surface area contributed by atoms with Crippen LogP contribution in [0.4, 0.5) is 11.4 Å². The number of halogens is 1. The summed E-state index contributed by atoms with van der Waals surface area (Å²) in [4.78, 5) is 12.7. The standard InChI is InChI=1S/C23H21ClN2O5S/c1-15-6-7-17(24)13-20(15)25-23(27)16-4-2-5-18(12-16)26-32(28,29)19-8-9-21-22(14-19)31-11-3-10-30-21/h2,4-9,12-14,26H,3,10-11H2,1H3,(H,25,27). The van der Waals surface area contributed by atoms with Crippen molar-refractivity contribution in [1.29, 1.82) is 0 Å². The van der Waals surface area contributed by atoms with Gasteiger partial charge in [0, 0.05) is 34.4 Å². The molecule has 9 heteroatoms. The molecule has 0 aliphatic carbocycles. The van der Waals surface area contributed by atoms with Crippen LogP contribution in [0.25, 0.3) is 0 Å². The molecule has 3 aromatic carbocycles. The van der Waals surface area contributed by atoms with Crippen molar-refractivity contribution in [1.82, 2.24) is 0 Å². The topological polar surface area (TPSA) is 93.7 Å². The normalized spacial score (nSPS) is 13.2. The number of sulfonamides is 1. The van der Waals surface area contributed by atoms with E-state index in [1.165, 1.54) is 18.2 Å². The van der Waals surface area contributed by atoms with Gasteiger partial charge < -0.3 is 14.8 Å². The average Bonchev–Trinajstić information content (AvgIpc) is 3.01. The van der Waals surface area contributed by atoms with Gasteiger partial charge in [0.05, 0.1) is 18.1 Å². The Morgan fingerprint density at radius 1 is 0.969 bits per heavy atom. The Balaban J connectivity index is 1.54. The molecule has 7 nitrogen and oxygen atoms in total. The number of carbonyl (C=O) groups excluding carboxylic acids is 1. The number of benzene rings is 3. The van der Waals surface area contributed by atoms with Crippen molar-refractivity contribution in [2.75, 3.05) is 23.3 Å². The van der Waals surface area contributed by atoms with Gasteiger partial charge in [0.2, 0.25) is 0 Å². The minimum absolute atomic E-state index is 0.0335. The molecular weight excluding hydrogens is 452 g/mol. The van der Waals surface area contributed by atoms with Crippen LogP contribution < -0.4 is 19.5 Å². The predicted octanol–water partition coefficient (Wildman–Crippen LogP) is 4.86. The fourth-order valence-electron chi connectivity index (χ4n) is 3.17. The summed E-state index contributed by atoms with van der Waals surface area (Å²) in [5, 5.41) is 3.30. The van der Waals surface area contributed by atoms with E-state index in [9.17, 15) is 13.2 Å². The highest BCUT2D eigenvalue weighted by atomic mass is 35.5. The zero-order valence-electron chi connectivity index (χ0n) is 17.2. The lowest BCUT2D eigenvalue weighted by Crippen LogP contribution is -2.15. The van der Waals surface area contributed by atoms with Gasteiger partial charge in [0.1, 0.15) is 0 Å². The predicted molar refractivity (Wildman–Crippen MR) is 123 cm³/mol. The molecule has 0 radical (unpaired) electrons. The van der Waals surface area contributed by atoms with Crippen LogP contribution >= 0.6 is 11.6 Å². The molecule has 0 unspecified atom stereocenters. The SMILES string of the molecule is Cc1ccc(Cl)cc1NC(=O)c1cccc(NS(=O)(=O)c2ccc3c(c2)OCCCO3)c1. The number of ether oxygens (including phenoxy) is 2. The van der Waals surface area contributed by atoms with E-state index >= 15 is 0 Å². The Hall–Kier alpha value is -3.23. The smallest absolute Gasteiger partial charge is 0.262 e. The van der Waals surface area contributed by atoms with Crippen LogP contribution in [0.5, 0.6) is 11.5 Å². The number of nitrogens with one attached hydrogen (secondary N) is 2. The van der Waals surface area contributed by atoms with Gasteiger partial charge >= 0.3 is 0 Å². The van der Waals surface area contributed by atoms with E-state index < -0.39 is 10.0 Å². The molecule has 0 spiro atoms. The maximum atomic E-state index is 12.9. The van der Waals surface area contributed by atoms with Crippen LogP contribution in [0.1, 0.15) is 22.3 Å². The fraction of sp³-hybridized carbons (Fsp3) is 0.174. The van der Waals surface area contributed by atoms with Crippen molar-refractivity contribution in [3.05, 3.63) is 76.8 Å². The lowest BCUT2D eigenvalue weighted by Gasteiger charge is -2.13. The third-order valence-electron chi connectivity index (χ3n) is 4.85. The quantitative estimate of drug-likeness (QED) is 0.553. The Bertz CT molecular complexity index is 1280. The summed E-state index contributed by atoms with van der Waals surface area (Å²) in [6.45, 7) is 2.82. The van der Waals surface area contributed by atoms with Gasteiger partial charge in [-0.3, -0.25) is 9.52 Å². The van der Waals surface area contributed by atoms with Crippen LogP contribution in [0.2, 0.25) is 5.02 Å². The van der Waals surface area contributed by atoms with Gasteiger partial charge in [-0.1, -0.05) is 23.7 Å². The van der Waals surface area contributed by atoms with Crippen LogP contribution in [0, 0.1) is 6.92 Å². The summed E-state index contributed by atoms with van der Waals surface area (Å²) < 4.78 is 39.4. The molecular formula is C23H21ClN2O5S. The molecule has 1 aliphatic rings. The number of carbonyl (C=O) groups is 1. The summed E-state index contributed by atoms with van der Waals surface area (Å²) in [6, 6.07) is 15.9. The van der Waals surface area contributed by atoms with E-state index in [-0.39, 0.29) is 16.5 Å². The van der Waals surface area contributed by atoms with E-state index in [1.807, 2.05) is 6.92 Å². The highest BCUT2D eigenvalue weighted by molar-refractivity contribution is 7.92. The largest absolute Gasteiger partial charge is 0.490 e. The first-order chi connectivity index (χ1) is 15.3. The Kier molecular flexibility index (Phi) is 6.25. The summed E-state index contributed by atoms with van der Waals surface area (Å²) >= 11 is 6.01. The summed E-state index contributed by atoms with van der Waals surface area (Å²) in [6.07, 6.45) is 0.721. The maximum absolute atomic E-state index is 12.9. The Labute approximate surface area is 191 Å². The zero-order chi connectivity index (χ0) is 22.7. The van der Waals surface area contributed by atoms with E-state index in [1.54, 1.807) is 42.5 Å². The van der Waals surface area contributed by atoms with Crippen molar-refractivity contribution in [3.63, 3.8) is 0 Å². The minimum Gasteiger partial charge on any atom is -0.490 e. The summed E-state index contributed by atoms with van der Waals surface area (Å²) in [7, 11) is -3.91. The fourth-order valence-corrected chi connectivity index (χ4v) is 4.41. The molecule has 4 rings (SSSR count). The first-order valence-electron chi connectivity index (χ1n) is 9.92. The monoisotopic (exact) mass is 472 g/mol. The highest BCUT2D eigenvalue weighted by Gasteiger charge is 2.19. The van der Waals surface area contributed by atoms with Crippen molar-refractivity contribution >= 4 is 38.9 Å². The van der Waals surface area contributed by atoms with Crippen molar-refractivity contribution in [2.45, 2.75) is 18.2 Å². The molecule has 32 heavy (non-hydrogen) atoms. The van der Waals surface area contributed by atoms with E-state index in [0.717, 1.165) is 12.0 Å². The van der Waals surface area contributed by atoms with Gasteiger partial charge in [-0.15, -0.1) is 0 Å². The number of amides is 1. The lowest BCUT2D eigenvalue weighted by atomic mass is 10.1. The second kappa shape index (κ2) is 9.10. The van der Waals surface area contributed by atoms with Gasteiger partial charge in [0.15, 0.2) is 11.5 Å². The third kappa shape index (κ3) is 4.98. The number of aryl methyl sites for hydroxylation is 1. The molecule has 166 valence electrons. The molecule has 0 aromatic heterocycles. The molecule has 1 aliphatic heterocycles. The van der Waals surface area contributed by atoms with Crippen LogP contribution in [-0.2, 0) is 10.0 Å². The summed E-state index contributed by atoms with van der Waals surface area (Å²) in [5.41, 5.74) is 1.99. The van der Waals surface area contributed by atoms with Crippen molar-refractivity contribution < 1.29 is 22.7 Å². The summed E-state index contributed by atoms with van der Waals surface area (Å²) in [5.74, 6) is 0.513. The molecule has 0 fully saturated rings. The Morgan fingerprint density at radius 3 is 2.56 bits per heavy atom. The molecule has 0 atom stereocenters. The number of fused-ring (bicyclic) bond motifs is 1. The number of hydrogen-bond donors (Lipinski definition) is 2. The van der Waals surface area contributed by atoms with Crippen LogP contribution in [0.3, 0.4) is 0 Å². The second-order valence-electron chi connectivity index (χ2n) is 7.26. The molecule has 1 heterocycles. The second-order valence-corrected chi connectivity index (χ2v) is 9.38. The lowest BCUT2D eigenvalue weighted by molar-refractivity contribution is 0.102. The molecule has 0 saturated carbocycles. The molecule has 1 amide bonds. The number of hydrogen-bond acceptors (Lipinski definition) is 5.